The van der Waals surface area contributed by atoms with Gasteiger partial charge in [-0.05, 0) is 34.8 Å². The molecule has 2 aliphatic heterocycles. The number of nitrogens with zero attached hydrogens (tertiary/aromatic N) is 2. The van der Waals surface area contributed by atoms with Crippen molar-refractivity contribution in [3.05, 3.63) is 0 Å². The molecule has 0 aliphatic carbocycles. The molecule has 0 N–H and O–H groups in total. The lowest BCUT2D eigenvalue weighted by atomic mass is 10.2. The number of amides is 2. The van der Waals surface area contributed by atoms with Crippen molar-refractivity contribution >= 4 is 64.3 Å². The van der Waals surface area contributed by atoms with Crippen molar-refractivity contribution in [1.29, 1.82) is 0 Å². The third-order valence-corrected chi connectivity index (χ3v) is 4.13. The normalized spacial score (nSPS) is 23.4. The summed E-state index contributed by atoms with van der Waals surface area (Å²) >= 11 is 17.7. The zero-order valence-corrected chi connectivity index (χ0v) is 13.3. The second kappa shape index (κ2) is 6.17. The highest BCUT2D eigenvalue weighted by molar-refractivity contribution is 7.99. The highest BCUT2D eigenvalue weighted by atomic mass is 35.6. The molecule has 2 saturated heterocycles. The molecule has 20 heavy (non-hydrogen) atoms. The predicted molar refractivity (Wildman–Crippen MR) is 75.9 cm³/mol. The summed E-state index contributed by atoms with van der Waals surface area (Å²) in [4.78, 5) is 38.3. The average Bonchev–Trinajstić information content (AvgIpc) is 2.94. The van der Waals surface area contributed by atoms with Crippen molar-refractivity contribution in [3.63, 3.8) is 0 Å². The molecule has 112 valence electrons. The zero-order valence-electron chi connectivity index (χ0n) is 10.2. The molecule has 1 unspecified atom stereocenters. The van der Waals surface area contributed by atoms with Gasteiger partial charge in [0.1, 0.15) is 6.04 Å². The lowest BCUT2D eigenvalue weighted by Crippen LogP contribution is -2.47. The Hall–Kier alpha value is -0.370. The molecule has 2 rings (SSSR count). The van der Waals surface area contributed by atoms with Gasteiger partial charge in [-0.1, -0.05) is 0 Å². The summed E-state index contributed by atoms with van der Waals surface area (Å²) < 4.78 is 2.35. The second-order valence-electron chi connectivity index (χ2n) is 4.34. The van der Waals surface area contributed by atoms with Crippen LogP contribution in [0.3, 0.4) is 0 Å². The molecule has 2 amide bonds. The molecule has 0 bridgehead atoms. The van der Waals surface area contributed by atoms with Gasteiger partial charge in [0.15, 0.2) is 5.78 Å². The predicted octanol–water partition coefficient (Wildman–Crippen LogP) is 1.63. The van der Waals surface area contributed by atoms with Crippen LogP contribution in [0.25, 0.3) is 0 Å². The number of hydrogen-bond donors (Lipinski definition) is 0. The highest BCUT2D eigenvalue weighted by Gasteiger charge is 2.43. The first-order valence-electron chi connectivity index (χ1n) is 5.72. The monoisotopic (exact) mass is 360 g/mol. The summed E-state index contributed by atoms with van der Waals surface area (Å²) in [6.45, 7) is 0.387. The first-order chi connectivity index (χ1) is 9.28. The summed E-state index contributed by atoms with van der Waals surface area (Å²) in [6, 6.07) is -0.874. The summed E-state index contributed by atoms with van der Waals surface area (Å²) in [5, 5.41) is 0. The minimum Gasteiger partial charge on any atom is -0.398 e. The molecular formula is C10H11Cl3N2O4S. The van der Waals surface area contributed by atoms with E-state index in [0.717, 1.165) is 10.7 Å². The third-order valence-electron chi connectivity index (χ3n) is 2.93. The van der Waals surface area contributed by atoms with Gasteiger partial charge in [-0.3, -0.25) is 14.5 Å². The van der Waals surface area contributed by atoms with E-state index in [1.807, 2.05) is 0 Å². The minimum absolute atomic E-state index is 0.0328. The molecule has 2 aliphatic rings. The van der Waals surface area contributed by atoms with E-state index in [9.17, 15) is 14.4 Å². The van der Waals surface area contributed by atoms with Crippen LogP contribution in [-0.2, 0) is 14.3 Å². The Bertz CT molecular complexity index is 437. The third kappa shape index (κ3) is 3.84. The maximum absolute atomic E-state index is 12.3. The maximum atomic E-state index is 12.3. The van der Waals surface area contributed by atoms with Crippen LogP contribution in [0.1, 0.15) is 6.42 Å². The lowest BCUT2D eigenvalue weighted by molar-refractivity contribution is -0.134. The molecule has 0 aromatic rings. The van der Waals surface area contributed by atoms with Crippen LogP contribution in [0.2, 0.25) is 0 Å². The fourth-order valence-electron chi connectivity index (χ4n) is 2.06. The number of carbonyl (C=O) groups is 3. The van der Waals surface area contributed by atoms with Gasteiger partial charge in [-0.25, -0.2) is 4.79 Å². The van der Waals surface area contributed by atoms with Crippen molar-refractivity contribution in [2.24, 2.45) is 0 Å². The average molecular weight is 362 g/mol. The molecule has 0 radical (unpaired) electrons. The van der Waals surface area contributed by atoms with E-state index in [-0.39, 0.29) is 24.7 Å². The van der Waals surface area contributed by atoms with Gasteiger partial charge in [0.25, 0.3) is 0 Å². The minimum atomic E-state index is -2.22. The molecule has 6 nitrogen and oxygen atoms in total. The first-order valence-corrected chi connectivity index (χ1v) is 8.01. The largest absolute Gasteiger partial charge is 0.414 e. The number of thioether (sulfide) groups is 1. The van der Waals surface area contributed by atoms with Crippen molar-refractivity contribution < 1.29 is 19.1 Å². The Morgan fingerprint density at radius 1 is 1.35 bits per heavy atom. The first kappa shape index (κ1) is 16.0. The molecule has 0 aromatic heterocycles. The topological polar surface area (TPSA) is 66.9 Å². The fraction of sp³-hybridized carbons (Fsp3) is 0.700. The number of carbonyl (C=O) groups excluding carboxylic acids is 3. The summed E-state index contributed by atoms with van der Waals surface area (Å²) in [7, 11) is 0. The van der Waals surface area contributed by atoms with Crippen LogP contribution < -0.4 is 0 Å². The van der Waals surface area contributed by atoms with Gasteiger partial charge in [-0.2, -0.15) is 0 Å². The van der Waals surface area contributed by atoms with E-state index in [1.165, 1.54) is 0 Å². The van der Waals surface area contributed by atoms with Crippen LogP contribution in [0, 0.1) is 0 Å². The van der Waals surface area contributed by atoms with E-state index in [0.29, 0.717) is 12.4 Å². The Morgan fingerprint density at radius 2 is 2.05 bits per heavy atom. The number of alkyl halides is 3. The zero-order chi connectivity index (χ0) is 14.9. The van der Waals surface area contributed by atoms with E-state index in [2.05, 4.69) is 4.74 Å². The molecule has 0 saturated carbocycles. The van der Waals surface area contributed by atoms with Crippen LogP contribution in [0.4, 0.5) is 4.79 Å². The molecule has 10 heteroatoms. The molecule has 0 aromatic carbocycles. The van der Waals surface area contributed by atoms with Crippen molar-refractivity contribution in [2.75, 3.05) is 24.7 Å². The number of hydrogen-bond acceptors (Lipinski definition) is 5. The lowest BCUT2D eigenvalue weighted by Gasteiger charge is -2.27. The Labute approximate surface area is 134 Å². The second-order valence-corrected chi connectivity index (χ2v) is 7.59. The number of ketones is 1. The van der Waals surface area contributed by atoms with Crippen molar-refractivity contribution in [3.8, 4) is 0 Å². The van der Waals surface area contributed by atoms with Crippen LogP contribution >= 0.6 is 46.6 Å². The van der Waals surface area contributed by atoms with Crippen molar-refractivity contribution in [2.45, 2.75) is 16.4 Å². The van der Waals surface area contributed by atoms with E-state index >= 15 is 0 Å². The van der Waals surface area contributed by atoms with Gasteiger partial charge in [0.2, 0.25) is 5.91 Å². The van der Waals surface area contributed by atoms with Gasteiger partial charge in [0.05, 0.1) is 12.4 Å². The number of halogens is 3. The summed E-state index contributed by atoms with van der Waals surface area (Å²) in [5.41, 5.74) is 0. The summed E-state index contributed by atoms with van der Waals surface area (Å²) in [5.74, 6) is 0.889. The van der Waals surface area contributed by atoms with E-state index in [4.69, 9.17) is 34.8 Å². The molecular weight excluding hydrogens is 351 g/mol. The Morgan fingerprint density at radius 3 is 2.60 bits per heavy atom. The van der Waals surface area contributed by atoms with Gasteiger partial charge in [-0.15, -0.1) is 11.8 Å². The van der Waals surface area contributed by atoms with Crippen LogP contribution in [-0.4, -0.2) is 62.3 Å². The molecule has 2 fully saturated rings. The van der Waals surface area contributed by atoms with E-state index in [1.54, 1.807) is 16.7 Å². The number of likely N-dealkylation sites (tertiary alicyclic amines) is 1. The Kier molecular flexibility index (Phi) is 4.94. The molecule has 2 heterocycles. The van der Waals surface area contributed by atoms with Gasteiger partial charge < -0.3 is 9.64 Å². The van der Waals surface area contributed by atoms with Gasteiger partial charge in [0, 0.05) is 18.7 Å². The smallest absolute Gasteiger partial charge is 0.398 e. The van der Waals surface area contributed by atoms with E-state index < -0.39 is 16.1 Å². The molecule has 0 spiro atoms. The number of Topliss-reactive ketones (excluding diaryl/α,β-unsaturated/α-hetero) is 1. The fourth-order valence-corrected chi connectivity index (χ4v) is 3.21. The number of ether oxygens (including phenoxy) is 1. The quantitative estimate of drug-likeness (QED) is 0.664. The van der Waals surface area contributed by atoms with Gasteiger partial charge >= 0.3 is 10.1 Å². The standard InChI is InChI=1S/C10H11Cl3N2O4S/c11-10(12,13)19-9(18)15-4-6(16)3-7(15)8(17)14-1-2-20-5-14/h7H,1-5H2. The van der Waals surface area contributed by atoms with Crippen molar-refractivity contribution in [1.82, 2.24) is 9.80 Å². The summed E-state index contributed by atoms with van der Waals surface area (Å²) in [6.07, 6.45) is -1.02. The SMILES string of the molecule is O=C1CC(C(=O)N2CCSC2)N(C(=O)OC(Cl)(Cl)Cl)C1. The Balaban J connectivity index is 2.08. The number of rotatable bonds is 1. The maximum Gasteiger partial charge on any atom is 0.414 e. The van der Waals surface area contributed by atoms with Crippen LogP contribution in [0.5, 0.6) is 0 Å². The molecule has 1 atom stereocenters. The van der Waals surface area contributed by atoms with Crippen LogP contribution in [0.15, 0.2) is 0 Å². The highest BCUT2D eigenvalue weighted by Crippen LogP contribution is 2.30.